The molecule has 31 heavy (non-hydrogen) atoms. The van der Waals surface area contributed by atoms with Gasteiger partial charge < -0.3 is 14.5 Å². The molecule has 2 heterocycles. The average Bonchev–Trinajstić information content (AvgIpc) is 3.24. The van der Waals surface area contributed by atoms with Crippen LogP contribution in [0, 0.1) is 10.1 Å². The quantitative estimate of drug-likeness (QED) is 0.261. The predicted octanol–water partition coefficient (Wildman–Crippen LogP) is 2.83. The Morgan fingerprint density at radius 1 is 1.19 bits per heavy atom. The number of nitro groups is 1. The van der Waals surface area contributed by atoms with Gasteiger partial charge in [-0.3, -0.25) is 14.9 Å². The molecule has 0 spiro atoms. The molecule has 1 fully saturated rings. The van der Waals surface area contributed by atoms with Crippen LogP contribution in [0.3, 0.4) is 0 Å². The number of hydrogen-bond donors (Lipinski definition) is 1. The molecule has 166 valence electrons. The van der Waals surface area contributed by atoms with Crippen molar-refractivity contribution in [2.75, 3.05) is 46.4 Å². The monoisotopic (exact) mass is 445 g/mol. The van der Waals surface area contributed by atoms with E-state index in [1.807, 2.05) is 0 Å². The van der Waals surface area contributed by atoms with Crippen LogP contribution in [0.5, 0.6) is 5.75 Å². The highest BCUT2D eigenvalue weighted by Gasteiger charge is 2.13. The van der Waals surface area contributed by atoms with Crippen LogP contribution in [0.15, 0.2) is 41.5 Å². The van der Waals surface area contributed by atoms with Crippen LogP contribution in [0.25, 0.3) is 0 Å². The maximum Gasteiger partial charge on any atom is 0.324 e. The normalized spacial score (nSPS) is 15.3. The molecule has 1 saturated heterocycles. The van der Waals surface area contributed by atoms with E-state index >= 15 is 0 Å². The van der Waals surface area contributed by atoms with Gasteiger partial charge in [-0.25, -0.2) is 5.43 Å². The topological polar surface area (TPSA) is 100 Å². The Kier molecular flexibility index (Phi) is 8.51. The Labute approximate surface area is 185 Å². The Hall–Kier alpha value is -2.82. The number of hydrazone groups is 1. The van der Waals surface area contributed by atoms with Crippen LogP contribution in [-0.2, 0) is 0 Å². The van der Waals surface area contributed by atoms with Gasteiger partial charge in [0, 0.05) is 37.8 Å². The minimum atomic E-state index is -0.461. The number of piperazine rings is 1. The molecule has 1 aromatic heterocycles. The van der Waals surface area contributed by atoms with Crippen molar-refractivity contribution in [2.45, 2.75) is 12.8 Å². The van der Waals surface area contributed by atoms with Crippen molar-refractivity contribution < 1.29 is 14.5 Å². The van der Waals surface area contributed by atoms with E-state index in [1.165, 1.54) is 12.3 Å². The highest BCUT2D eigenvalue weighted by molar-refractivity contribution is 7.16. The zero-order chi connectivity index (χ0) is 22.1. The number of carbonyl (C=O) groups excluding carboxylic acids is 1. The highest BCUT2D eigenvalue weighted by Crippen LogP contribution is 2.22. The van der Waals surface area contributed by atoms with Gasteiger partial charge in [0.25, 0.3) is 5.91 Å². The lowest BCUT2D eigenvalue weighted by molar-refractivity contribution is -0.380. The third-order valence-electron chi connectivity index (χ3n) is 5.00. The summed E-state index contributed by atoms with van der Waals surface area (Å²) < 4.78 is 5.77. The van der Waals surface area contributed by atoms with Gasteiger partial charge >= 0.3 is 5.00 Å². The summed E-state index contributed by atoms with van der Waals surface area (Å²) in [5.41, 5.74) is 2.87. The molecule has 1 aliphatic heterocycles. The number of benzene rings is 1. The molecule has 0 radical (unpaired) electrons. The van der Waals surface area contributed by atoms with Gasteiger partial charge in [0.05, 0.1) is 22.6 Å². The molecule has 0 aliphatic carbocycles. The third kappa shape index (κ3) is 7.42. The largest absolute Gasteiger partial charge is 0.494 e. The molecule has 2 aromatic rings. The minimum absolute atomic E-state index is 0.0303. The second-order valence-corrected chi connectivity index (χ2v) is 8.45. The van der Waals surface area contributed by atoms with Crippen LogP contribution < -0.4 is 10.2 Å². The van der Waals surface area contributed by atoms with E-state index in [0.717, 1.165) is 62.7 Å². The van der Waals surface area contributed by atoms with Gasteiger partial charge in [-0.1, -0.05) is 11.3 Å². The highest BCUT2D eigenvalue weighted by atomic mass is 32.1. The van der Waals surface area contributed by atoms with E-state index in [2.05, 4.69) is 27.4 Å². The van der Waals surface area contributed by atoms with Gasteiger partial charge in [-0.2, -0.15) is 5.10 Å². The van der Waals surface area contributed by atoms with E-state index < -0.39 is 4.92 Å². The molecule has 1 aromatic carbocycles. The van der Waals surface area contributed by atoms with Gasteiger partial charge in [0.2, 0.25) is 0 Å². The molecule has 0 saturated carbocycles. The third-order valence-corrected chi connectivity index (χ3v) is 5.97. The summed E-state index contributed by atoms with van der Waals surface area (Å²) in [5, 5.41) is 14.6. The number of ether oxygens (including phenoxy) is 1. The number of carbonyl (C=O) groups is 1. The first-order chi connectivity index (χ1) is 15.0. The fourth-order valence-electron chi connectivity index (χ4n) is 3.13. The fraction of sp³-hybridized carbons (Fsp3) is 0.429. The zero-order valence-electron chi connectivity index (χ0n) is 17.5. The Morgan fingerprint density at radius 3 is 2.61 bits per heavy atom. The number of likely N-dealkylation sites (N-methyl/N-ethyl adjacent to an activating group) is 1. The zero-order valence-corrected chi connectivity index (χ0v) is 18.3. The van der Waals surface area contributed by atoms with Crippen molar-refractivity contribution in [1.82, 2.24) is 15.2 Å². The maximum absolute atomic E-state index is 12.2. The minimum Gasteiger partial charge on any atom is -0.494 e. The molecule has 0 atom stereocenters. The first kappa shape index (κ1) is 22.9. The molecule has 10 heteroatoms. The second kappa shape index (κ2) is 11.5. The summed E-state index contributed by atoms with van der Waals surface area (Å²) in [6.45, 7) is 6.30. The smallest absolute Gasteiger partial charge is 0.324 e. The molecular formula is C21H27N5O4S. The van der Waals surface area contributed by atoms with Gasteiger partial charge in [0.1, 0.15) is 5.75 Å². The Morgan fingerprint density at radius 2 is 1.94 bits per heavy atom. The lowest BCUT2D eigenvalue weighted by atomic mass is 10.2. The van der Waals surface area contributed by atoms with Crippen molar-refractivity contribution in [1.29, 1.82) is 0 Å². The van der Waals surface area contributed by atoms with Crippen LogP contribution in [0.1, 0.15) is 28.1 Å². The Bertz CT molecular complexity index is 891. The number of thiophene rings is 1. The van der Waals surface area contributed by atoms with E-state index in [0.29, 0.717) is 17.0 Å². The van der Waals surface area contributed by atoms with Gasteiger partial charge in [0.15, 0.2) is 0 Å². The lowest BCUT2D eigenvalue weighted by Gasteiger charge is -2.32. The van der Waals surface area contributed by atoms with Crippen LogP contribution in [0.4, 0.5) is 5.00 Å². The molecule has 3 rings (SSSR count). The van der Waals surface area contributed by atoms with Crippen molar-refractivity contribution in [3.8, 4) is 5.75 Å². The number of hydrogen-bond acceptors (Lipinski definition) is 8. The molecule has 1 aliphatic rings. The lowest BCUT2D eigenvalue weighted by Crippen LogP contribution is -2.44. The Balaban J connectivity index is 1.34. The number of nitrogens with zero attached hydrogens (tertiary/aromatic N) is 4. The molecule has 0 bridgehead atoms. The average molecular weight is 446 g/mol. The van der Waals surface area contributed by atoms with Crippen molar-refractivity contribution in [3.05, 3.63) is 57.0 Å². The summed E-state index contributed by atoms with van der Waals surface area (Å²) in [6, 6.07) is 9.87. The van der Waals surface area contributed by atoms with Crippen molar-refractivity contribution in [3.63, 3.8) is 0 Å². The summed E-state index contributed by atoms with van der Waals surface area (Å²) >= 11 is 0.989. The van der Waals surface area contributed by atoms with Crippen molar-refractivity contribution in [2.24, 2.45) is 5.10 Å². The number of nitrogens with one attached hydrogen (secondary N) is 1. The van der Waals surface area contributed by atoms with E-state index in [9.17, 15) is 14.9 Å². The van der Waals surface area contributed by atoms with E-state index in [-0.39, 0.29) is 10.9 Å². The molecule has 1 N–H and O–H groups in total. The van der Waals surface area contributed by atoms with Crippen LogP contribution in [-0.4, -0.2) is 73.2 Å². The van der Waals surface area contributed by atoms with E-state index in [4.69, 9.17) is 4.74 Å². The number of unbranched alkanes of at least 4 members (excludes halogenated alkanes) is 1. The van der Waals surface area contributed by atoms with Crippen LogP contribution >= 0.6 is 11.3 Å². The fourth-order valence-corrected chi connectivity index (χ4v) is 3.82. The summed E-state index contributed by atoms with van der Waals surface area (Å²) in [4.78, 5) is 27.8. The number of amides is 1. The summed E-state index contributed by atoms with van der Waals surface area (Å²) in [5.74, 6) is 0.367. The predicted molar refractivity (Wildman–Crippen MR) is 121 cm³/mol. The SMILES string of the molecule is CN1CCN(CCCCOc2ccc(C(=O)N/N=C/c3ccc([N+](=O)[O-])s3)cc2)CC1. The van der Waals surface area contributed by atoms with Gasteiger partial charge in [-0.15, -0.1) is 0 Å². The van der Waals surface area contributed by atoms with Gasteiger partial charge in [-0.05, 0) is 56.8 Å². The second-order valence-electron chi connectivity index (χ2n) is 7.36. The van der Waals surface area contributed by atoms with Crippen molar-refractivity contribution >= 4 is 28.5 Å². The first-order valence-corrected chi connectivity index (χ1v) is 11.0. The number of rotatable bonds is 10. The standard InChI is InChI=1S/C21H27N5O4S/c1-24-11-13-25(14-12-24)10-2-3-15-30-18-6-4-17(5-7-18)21(27)23-22-16-19-8-9-20(31-19)26(28)29/h4-9,16H,2-3,10-15H2,1H3,(H,23,27)/b22-16+. The summed E-state index contributed by atoms with van der Waals surface area (Å²) in [6.07, 6.45) is 3.48. The summed E-state index contributed by atoms with van der Waals surface area (Å²) in [7, 11) is 2.16. The molecule has 9 nitrogen and oxygen atoms in total. The molecular weight excluding hydrogens is 418 g/mol. The maximum atomic E-state index is 12.2. The molecule has 0 unspecified atom stereocenters. The first-order valence-electron chi connectivity index (χ1n) is 10.2. The van der Waals surface area contributed by atoms with Crippen LogP contribution in [0.2, 0.25) is 0 Å². The van der Waals surface area contributed by atoms with E-state index in [1.54, 1.807) is 30.3 Å². The molecule has 1 amide bonds.